The van der Waals surface area contributed by atoms with Crippen molar-refractivity contribution in [3.05, 3.63) is 0 Å². The lowest BCUT2D eigenvalue weighted by molar-refractivity contribution is 0.201. The van der Waals surface area contributed by atoms with E-state index in [1.54, 1.807) is 0 Å². The molecule has 0 aromatic rings. The smallest absolute Gasteiger partial charge is 0.0585 e. The van der Waals surface area contributed by atoms with Gasteiger partial charge in [0, 0.05) is 12.1 Å². The van der Waals surface area contributed by atoms with Crippen molar-refractivity contribution in [3.63, 3.8) is 0 Å². The van der Waals surface area contributed by atoms with Crippen LogP contribution in [-0.2, 0) is 0 Å². The van der Waals surface area contributed by atoms with Crippen LogP contribution in [0, 0.1) is 0 Å². The van der Waals surface area contributed by atoms with Crippen molar-refractivity contribution in [2.75, 3.05) is 26.2 Å². The van der Waals surface area contributed by atoms with Gasteiger partial charge in [0.2, 0.25) is 0 Å². The molecule has 1 fully saturated rings. The molecule has 1 unspecified atom stereocenters. The Morgan fingerprint density at radius 3 is 2.17 bits per heavy atom. The second-order valence-corrected chi connectivity index (χ2v) is 5.66. The highest BCUT2D eigenvalue weighted by Crippen LogP contribution is 2.20. The van der Waals surface area contributed by atoms with Gasteiger partial charge in [-0.2, -0.15) is 0 Å². The monoisotopic (exact) mass is 256 g/mol. The first kappa shape index (κ1) is 15.9. The van der Waals surface area contributed by atoms with E-state index < -0.39 is 0 Å². The Labute approximate surface area is 113 Å². The Morgan fingerprint density at radius 1 is 1.11 bits per heavy atom. The summed E-state index contributed by atoms with van der Waals surface area (Å²) in [5, 5.41) is 12.9. The summed E-state index contributed by atoms with van der Waals surface area (Å²) >= 11 is 0. The molecule has 18 heavy (non-hydrogen) atoms. The van der Waals surface area contributed by atoms with Crippen LogP contribution in [0.1, 0.15) is 58.8 Å². The van der Waals surface area contributed by atoms with E-state index in [1.165, 1.54) is 51.6 Å². The maximum Gasteiger partial charge on any atom is 0.0585 e. The van der Waals surface area contributed by atoms with E-state index in [0.717, 1.165) is 13.0 Å². The molecule has 0 aromatic heterocycles. The number of aliphatic hydroxyl groups excluding tert-OH is 1. The van der Waals surface area contributed by atoms with E-state index in [4.69, 9.17) is 0 Å². The molecule has 2 N–H and O–H groups in total. The van der Waals surface area contributed by atoms with Crippen molar-refractivity contribution in [2.24, 2.45) is 0 Å². The molecule has 1 aliphatic carbocycles. The summed E-state index contributed by atoms with van der Waals surface area (Å²) in [6.45, 7) is 8.36. The van der Waals surface area contributed by atoms with Gasteiger partial charge in [0.05, 0.1) is 6.61 Å². The summed E-state index contributed by atoms with van der Waals surface area (Å²) in [5.74, 6) is 0. The minimum Gasteiger partial charge on any atom is -0.395 e. The van der Waals surface area contributed by atoms with Gasteiger partial charge >= 0.3 is 0 Å². The summed E-state index contributed by atoms with van der Waals surface area (Å²) in [4.78, 5) is 2.57. The Morgan fingerprint density at radius 2 is 1.72 bits per heavy atom. The van der Waals surface area contributed by atoms with Crippen molar-refractivity contribution >= 4 is 0 Å². The van der Waals surface area contributed by atoms with Crippen LogP contribution < -0.4 is 5.32 Å². The summed E-state index contributed by atoms with van der Waals surface area (Å²) in [6, 6.07) is 1.00. The zero-order valence-electron chi connectivity index (χ0n) is 12.3. The SMILES string of the molecule is CCCCN(CCCC)CCC(CO)NC1CC1. The Hall–Kier alpha value is -0.120. The third-order valence-electron chi connectivity index (χ3n) is 3.72. The quantitative estimate of drug-likeness (QED) is 0.563. The van der Waals surface area contributed by atoms with Crippen molar-refractivity contribution in [3.8, 4) is 0 Å². The first-order valence-electron chi connectivity index (χ1n) is 7.89. The van der Waals surface area contributed by atoms with Crippen molar-refractivity contribution in [1.82, 2.24) is 10.2 Å². The second kappa shape index (κ2) is 9.76. The second-order valence-electron chi connectivity index (χ2n) is 5.66. The molecule has 0 radical (unpaired) electrons. The fraction of sp³-hybridized carbons (Fsp3) is 1.00. The first-order valence-corrected chi connectivity index (χ1v) is 7.89. The van der Waals surface area contributed by atoms with Crippen LogP contribution in [0.25, 0.3) is 0 Å². The van der Waals surface area contributed by atoms with Gasteiger partial charge in [0.1, 0.15) is 0 Å². The topological polar surface area (TPSA) is 35.5 Å². The Bertz CT molecular complexity index is 187. The van der Waals surface area contributed by atoms with E-state index in [2.05, 4.69) is 24.1 Å². The van der Waals surface area contributed by atoms with Gasteiger partial charge in [-0.05, 0) is 51.7 Å². The molecule has 0 aliphatic heterocycles. The molecular weight excluding hydrogens is 224 g/mol. The predicted octanol–water partition coefficient (Wildman–Crippen LogP) is 2.39. The fourth-order valence-corrected chi connectivity index (χ4v) is 2.25. The summed E-state index contributed by atoms with van der Waals surface area (Å²) in [7, 11) is 0. The highest BCUT2D eigenvalue weighted by atomic mass is 16.3. The number of unbranched alkanes of at least 4 members (excludes halogenated alkanes) is 2. The first-order chi connectivity index (χ1) is 8.80. The molecule has 0 amide bonds. The molecule has 0 saturated heterocycles. The van der Waals surface area contributed by atoms with Gasteiger partial charge in [0.25, 0.3) is 0 Å². The number of nitrogens with one attached hydrogen (secondary N) is 1. The molecule has 0 heterocycles. The normalized spacial score (nSPS) is 17.3. The van der Waals surface area contributed by atoms with Gasteiger partial charge < -0.3 is 15.3 Å². The minimum absolute atomic E-state index is 0.284. The molecule has 1 saturated carbocycles. The van der Waals surface area contributed by atoms with Crippen molar-refractivity contribution in [2.45, 2.75) is 70.9 Å². The molecule has 108 valence electrons. The van der Waals surface area contributed by atoms with Crippen LogP contribution in [0.2, 0.25) is 0 Å². The molecule has 3 nitrogen and oxygen atoms in total. The molecule has 1 rings (SSSR count). The maximum atomic E-state index is 9.39. The lowest BCUT2D eigenvalue weighted by Gasteiger charge is -2.25. The zero-order chi connectivity index (χ0) is 13.2. The standard InChI is InChI=1S/C15H32N2O/c1-3-5-10-17(11-6-4-2)12-9-15(13-18)16-14-7-8-14/h14-16,18H,3-13H2,1-2H3. The summed E-state index contributed by atoms with van der Waals surface area (Å²) in [6.07, 6.45) is 8.81. The van der Waals surface area contributed by atoms with Crippen molar-refractivity contribution < 1.29 is 5.11 Å². The molecule has 0 aromatic carbocycles. The third-order valence-corrected chi connectivity index (χ3v) is 3.72. The molecule has 3 heteroatoms. The Balaban J connectivity index is 2.19. The zero-order valence-corrected chi connectivity index (χ0v) is 12.3. The number of rotatable bonds is 12. The number of nitrogens with zero attached hydrogens (tertiary/aromatic N) is 1. The van der Waals surface area contributed by atoms with Gasteiger partial charge in [-0.3, -0.25) is 0 Å². The van der Waals surface area contributed by atoms with E-state index in [0.29, 0.717) is 12.1 Å². The number of hydrogen-bond donors (Lipinski definition) is 2. The van der Waals surface area contributed by atoms with Crippen LogP contribution in [0.4, 0.5) is 0 Å². The highest BCUT2D eigenvalue weighted by molar-refractivity contribution is 4.85. The average molecular weight is 256 g/mol. The summed E-state index contributed by atoms with van der Waals surface area (Å²) < 4.78 is 0. The van der Waals surface area contributed by atoms with Crippen LogP contribution in [-0.4, -0.2) is 48.3 Å². The van der Waals surface area contributed by atoms with Crippen molar-refractivity contribution in [1.29, 1.82) is 0 Å². The highest BCUT2D eigenvalue weighted by Gasteiger charge is 2.24. The Kier molecular flexibility index (Phi) is 8.64. The van der Waals surface area contributed by atoms with Crippen LogP contribution >= 0.6 is 0 Å². The lowest BCUT2D eigenvalue weighted by Crippen LogP contribution is -2.38. The number of hydrogen-bond acceptors (Lipinski definition) is 3. The summed E-state index contributed by atoms with van der Waals surface area (Å²) in [5.41, 5.74) is 0. The van der Waals surface area contributed by atoms with Crippen LogP contribution in [0.3, 0.4) is 0 Å². The molecule has 1 atom stereocenters. The van der Waals surface area contributed by atoms with E-state index in [1.807, 2.05) is 0 Å². The largest absolute Gasteiger partial charge is 0.395 e. The van der Waals surface area contributed by atoms with Crippen LogP contribution in [0.5, 0.6) is 0 Å². The molecule has 0 bridgehead atoms. The van der Waals surface area contributed by atoms with Gasteiger partial charge in [-0.25, -0.2) is 0 Å². The number of aliphatic hydroxyl groups is 1. The molecule has 0 spiro atoms. The minimum atomic E-state index is 0.284. The van der Waals surface area contributed by atoms with E-state index in [-0.39, 0.29) is 6.61 Å². The third kappa shape index (κ3) is 7.34. The predicted molar refractivity (Wildman–Crippen MR) is 77.9 cm³/mol. The maximum absolute atomic E-state index is 9.39. The van der Waals surface area contributed by atoms with Gasteiger partial charge in [-0.1, -0.05) is 26.7 Å². The van der Waals surface area contributed by atoms with Gasteiger partial charge in [0.15, 0.2) is 0 Å². The van der Waals surface area contributed by atoms with Gasteiger partial charge in [-0.15, -0.1) is 0 Å². The fourth-order valence-electron chi connectivity index (χ4n) is 2.25. The van der Waals surface area contributed by atoms with Crippen LogP contribution in [0.15, 0.2) is 0 Å². The molecule has 1 aliphatic rings. The average Bonchev–Trinajstić information content (AvgIpc) is 3.20. The lowest BCUT2D eigenvalue weighted by atomic mass is 10.2. The molecular formula is C15H32N2O. The van der Waals surface area contributed by atoms with E-state index in [9.17, 15) is 5.11 Å². The van der Waals surface area contributed by atoms with E-state index >= 15 is 0 Å².